The third kappa shape index (κ3) is 4.58. The van der Waals surface area contributed by atoms with Crippen molar-refractivity contribution in [2.75, 3.05) is 0 Å². The molecular weight excluding hydrogens is 463 g/mol. The molecule has 34 heavy (non-hydrogen) atoms. The van der Waals surface area contributed by atoms with Crippen LogP contribution in [0.15, 0.2) is 101 Å². The standard InChI is InChI=1S/C29H22N2O2.Mn/c1-19-10-13-26(30-17-24-22-8-4-2-6-20(22)11-14-28(24)32)27(16-19)31-18-25-23-9-5-3-7-21(23)12-15-29(25)33;/h2-18,32-33H,1H3;/q;+2/p-2. The summed E-state index contributed by atoms with van der Waals surface area (Å²) in [5.41, 5.74) is 3.36. The molecule has 0 amide bonds. The third-order valence-electron chi connectivity index (χ3n) is 5.66. The molecule has 5 heteroatoms. The number of aryl methyl sites for hydroxylation is 1. The Morgan fingerprint density at radius 1 is 0.588 bits per heavy atom. The van der Waals surface area contributed by atoms with Gasteiger partial charge in [0.15, 0.2) is 0 Å². The third-order valence-corrected chi connectivity index (χ3v) is 5.66. The minimum Gasteiger partial charge on any atom is -0.872 e. The quantitative estimate of drug-likeness (QED) is 0.234. The van der Waals surface area contributed by atoms with Crippen LogP contribution in [0.5, 0.6) is 11.5 Å². The van der Waals surface area contributed by atoms with Crippen molar-refractivity contribution in [2.45, 2.75) is 6.92 Å². The molecule has 165 valence electrons. The molecule has 0 aliphatic heterocycles. The second-order valence-electron chi connectivity index (χ2n) is 7.91. The largest absolute Gasteiger partial charge is 2.00 e. The predicted molar refractivity (Wildman–Crippen MR) is 132 cm³/mol. The fourth-order valence-electron chi connectivity index (χ4n) is 3.93. The maximum atomic E-state index is 12.5. The smallest absolute Gasteiger partial charge is 0.872 e. The average Bonchev–Trinajstić information content (AvgIpc) is 2.83. The molecule has 0 saturated carbocycles. The van der Waals surface area contributed by atoms with E-state index in [2.05, 4.69) is 9.98 Å². The first-order valence-electron chi connectivity index (χ1n) is 10.7. The van der Waals surface area contributed by atoms with Crippen molar-refractivity contribution in [1.82, 2.24) is 0 Å². The number of hydrogen-bond donors (Lipinski definition) is 0. The zero-order valence-electron chi connectivity index (χ0n) is 18.4. The summed E-state index contributed by atoms with van der Waals surface area (Å²) in [4.78, 5) is 9.24. The summed E-state index contributed by atoms with van der Waals surface area (Å²) in [5.74, 6) is -0.164. The van der Waals surface area contributed by atoms with Gasteiger partial charge in [-0.3, -0.25) is 9.98 Å². The molecule has 1 radical (unpaired) electrons. The fraction of sp³-hybridized carbons (Fsp3) is 0.0345. The Morgan fingerprint density at radius 2 is 1.09 bits per heavy atom. The molecule has 0 spiro atoms. The molecule has 0 fully saturated rings. The van der Waals surface area contributed by atoms with Crippen LogP contribution in [-0.2, 0) is 17.1 Å². The molecule has 0 aliphatic carbocycles. The van der Waals surface area contributed by atoms with Crippen LogP contribution in [0.3, 0.4) is 0 Å². The van der Waals surface area contributed by atoms with Crippen molar-refractivity contribution in [3.05, 3.63) is 108 Å². The zero-order valence-corrected chi connectivity index (χ0v) is 19.6. The Kier molecular flexibility index (Phi) is 6.78. The summed E-state index contributed by atoms with van der Waals surface area (Å²) in [6.45, 7) is 1.98. The summed E-state index contributed by atoms with van der Waals surface area (Å²) in [7, 11) is 0. The average molecular weight is 483 g/mol. The molecule has 0 N–H and O–H groups in total. The maximum Gasteiger partial charge on any atom is 2.00 e. The molecule has 0 aromatic heterocycles. The molecule has 4 nitrogen and oxygen atoms in total. The van der Waals surface area contributed by atoms with Gasteiger partial charge < -0.3 is 10.2 Å². The van der Waals surface area contributed by atoms with Crippen molar-refractivity contribution in [1.29, 1.82) is 0 Å². The van der Waals surface area contributed by atoms with Crippen LogP contribution in [0, 0.1) is 6.92 Å². The zero-order chi connectivity index (χ0) is 22.8. The monoisotopic (exact) mass is 483 g/mol. The summed E-state index contributed by atoms with van der Waals surface area (Å²) in [6, 6.07) is 28.0. The van der Waals surface area contributed by atoms with Gasteiger partial charge in [0, 0.05) is 12.4 Å². The van der Waals surface area contributed by atoms with Crippen LogP contribution in [0.1, 0.15) is 16.7 Å². The second-order valence-corrected chi connectivity index (χ2v) is 7.91. The molecule has 0 atom stereocenters. The van der Waals surface area contributed by atoms with Crippen LogP contribution >= 0.6 is 0 Å². The van der Waals surface area contributed by atoms with Gasteiger partial charge >= 0.3 is 17.1 Å². The summed E-state index contributed by atoms with van der Waals surface area (Å²) < 4.78 is 0. The summed E-state index contributed by atoms with van der Waals surface area (Å²) in [5, 5.41) is 28.7. The maximum absolute atomic E-state index is 12.5. The second kappa shape index (κ2) is 9.92. The van der Waals surface area contributed by atoms with Crippen LogP contribution < -0.4 is 10.2 Å². The number of hydrogen-bond acceptors (Lipinski definition) is 4. The Labute approximate surface area is 208 Å². The minimum atomic E-state index is -0.0821. The number of nitrogens with zero attached hydrogens (tertiary/aromatic N) is 2. The fourth-order valence-corrected chi connectivity index (χ4v) is 3.93. The van der Waals surface area contributed by atoms with Gasteiger partial charge in [0.25, 0.3) is 0 Å². The first-order chi connectivity index (χ1) is 16.1. The molecule has 0 heterocycles. The van der Waals surface area contributed by atoms with Crippen LogP contribution in [-0.4, -0.2) is 12.4 Å². The van der Waals surface area contributed by atoms with E-state index >= 15 is 0 Å². The normalized spacial score (nSPS) is 11.4. The van der Waals surface area contributed by atoms with E-state index in [4.69, 9.17) is 0 Å². The van der Waals surface area contributed by atoms with E-state index in [0.29, 0.717) is 22.5 Å². The number of benzene rings is 5. The first kappa shape index (κ1) is 23.2. The molecule has 5 rings (SSSR count). The first-order valence-corrected chi connectivity index (χ1v) is 10.7. The Bertz CT molecular complexity index is 1560. The van der Waals surface area contributed by atoms with Crippen molar-refractivity contribution in [3.63, 3.8) is 0 Å². The number of aliphatic imine (C=N–C) groups is 2. The molecule has 0 aliphatic rings. The molecule has 0 unspecified atom stereocenters. The molecule has 0 bridgehead atoms. The van der Waals surface area contributed by atoms with Gasteiger partial charge in [0.05, 0.1) is 11.4 Å². The van der Waals surface area contributed by atoms with Gasteiger partial charge in [-0.25, -0.2) is 0 Å². The van der Waals surface area contributed by atoms with E-state index in [9.17, 15) is 10.2 Å². The predicted octanol–water partition coefficient (Wildman–Crippen LogP) is 5.95. The topological polar surface area (TPSA) is 70.8 Å². The van der Waals surface area contributed by atoms with Gasteiger partial charge in [-0.05, 0) is 57.3 Å². The Morgan fingerprint density at radius 3 is 1.65 bits per heavy atom. The number of rotatable bonds is 4. The van der Waals surface area contributed by atoms with E-state index in [-0.39, 0.29) is 28.6 Å². The van der Waals surface area contributed by atoms with E-state index in [1.807, 2.05) is 85.8 Å². The Balaban J connectivity index is 0.00000274. The van der Waals surface area contributed by atoms with Crippen LogP contribution in [0.4, 0.5) is 11.4 Å². The summed E-state index contributed by atoms with van der Waals surface area (Å²) >= 11 is 0. The molecule has 5 aromatic rings. The van der Waals surface area contributed by atoms with Crippen LogP contribution in [0.2, 0.25) is 0 Å². The Hall–Kier alpha value is -3.92. The van der Waals surface area contributed by atoms with Crippen molar-refractivity contribution < 1.29 is 27.3 Å². The molecule has 0 saturated heterocycles. The van der Waals surface area contributed by atoms with Crippen molar-refractivity contribution in [2.24, 2.45) is 9.98 Å². The summed E-state index contributed by atoms with van der Waals surface area (Å²) in [6.07, 6.45) is 3.21. The van der Waals surface area contributed by atoms with Gasteiger partial charge in [-0.1, -0.05) is 90.4 Å². The van der Waals surface area contributed by atoms with E-state index in [1.165, 1.54) is 0 Å². The van der Waals surface area contributed by atoms with Crippen LogP contribution in [0.25, 0.3) is 21.5 Å². The molecule has 5 aromatic carbocycles. The van der Waals surface area contributed by atoms with Gasteiger partial charge in [0.2, 0.25) is 0 Å². The van der Waals surface area contributed by atoms with Gasteiger partial charge in [-0.2, -0.15) is 0 Å². The van der Waals surface area contributed by atoms with Gasteiger partial charge in [-0.15, -0.1) is 0 Å². The van der Waals surface area contributed by atoms with E-state index in [1.54, 1.807) is 24.6 Å². The van der Waals surface area contributed by atoms with Crippen molar-refractivity contribution >= 4 is 45.3 Å². The SMILES string of the molecule is Cc1ccc(N=Cc2c([O-])ccc3ccccc23)c(N=Cc2c([O-])ccc3ccccc23)c1.[Mn+2]. The van der Waals surface area contributed by atoms with E-state index < -0.39 is 0 Å². The number of fused-ring (bicyclic) bond motifs is 2. The molecular formula is C29H20MnN2O2. The van der Waals surface area contributed by atoms with Gasteiger partial charge in [0.1, 0.15) is 0 Å². The minimum absolute atomic E-state index is 0. The van der Waals surface area contributed by atoms with Crippen molar-refractivity contribution in [3.8, 4) is 11.5 Å². The van der Waals surface area contributed by atoms with E-state index in [0.717, 1.165) is 27.1 Å².